The zero-order chi connectivity index (χ0) is 15.5. The normalized spacial score (nSPS) is 14.0. The van der Waals surface area contributed by atoms with Crippen LogP contribution < -0.4 is 11.1 Å². The molecular weight excluding hydrogens is 331 g/mol. The summed E-state index contributed by atoms with van der Waals surface area (Å²) in [6, 6.07) is 5.21. The monoisotopic (exact) mass is 352 g/mol. The zero-order valence-corrected chi connectivity index (χ0v) is 15.1. The smallest absolute Gasteiger partial charge is 0.224 e. The molecule has 1 aromatic carbocycles. The SMILES string of the molecule is CC(N)C(C)C(=O)NC(C)(C)Cc1ccc(Cl)cc1Cl.Cl. The highest BCUT2D eigenvalue weighted by Gasteiger charge is 2.26. The van der Waals surface area contributed by atoms with Crippen molar-refractivity contribution >= 4 is 41.5 Å². The van der Waals surface area contributed by atoms with E-state index in [9.17, 15) is 4.79 Å². The maximum atomic E-state index is 12.1. The average molecular weight is 354 g/mol. The molecule has 3 nitrogen and oxygen atoms in total. The topological polar surface area (TPSA) is 55.1 Å². The van der Waals surface area contributed by atoms with Gasteiger partial charge in [-0.2, -0.15) is 0 Å². The van der Waals surface area contributed by atoms with E-state index in [-0.39, 0.29) is 30.3 Å². The quantitative estimate of drug-likeness (QED) is 0.845. The van der Waals surface area contributed by atoms with Crippen molar-refractivity contribution in [3.8, 4) is 0 Å². The molecule has 1 amide bonds. The van der Waals surface area contributed by atoms with Crippen LogP contribution in [-0.2, 0) is 11.2 Å². The Hall–Kier alpha value is -0.480. The summed E-state index contributed by atoms with van der Waals surface area (Å²) in [7, 11) is 0. The minimum Gasteiger partial charge on any atom is -0.351 e. The van der Waals surface area contributed by atoms with Crippen molar-refractivity contribution < 1.29 is 4.79 Å². The molecule has 0 aliphatic heterocycles. The molecule has 6 heteroatoms. The van der Waals surface area contributed by atoms with E-state index in [2.05, 4.69) is 5.32 Å². The third kappa shape index (κ3) is 6.43. The second-order valence-electron chi connectivity index (χ2n) is 5.93. The lowest BCUT2D eigenvalue weighted by Crippen LogP contribution is -2.49. The summed E-state index contributed by atoms with van der Waals surface area (Å²) in [5.41, 5.74) is 6.30. The number of benzene rings is 1. The Bertz CT molecular complexity index is 490. The van der Waals surface area contributed by atoms with Crippen LogP contribution in [0.15, 0.2) is 18.2 Å². The van der Waals surface area contributed by atoms with E-state index in [1.165, 1.54) is 0 Å². The molecule has 3 N–H and O–H groups in total. The fraction of sp³-hybridized carbons (Fsp3) is 0.533. The summed E-state index contributed by atoms with van der Waals surface area (Å²) in [6.07, 6.45) is 0.625. The lowest BCUT2D eigenvalue weighted by atomic mass is 9.93. The van der Waals surface area contributed by atoms with Crippen molar-refractivity contribution in [2.45, 2.75) is 45.7 Å². The molecule has 0 aliphatic rings. The molecule has 0 bridgehead atoms. The highest BCUT2D eigenvalue weighted by Crippen LogP contribution is 2.24. The maximum absolute atomic E-state index is 12.1. The van der Waals surface area contributed by atoms with Crippen molar-refractivity contribution in [2.24, 2.45) is 11.7 Å². The molecule has 0 spiro atoms. The van der Waals surface area contributed by atoms with Gasteiger partial charge in [-0.25, -0.2) is 0 Å². The standard InChI is InChI=1S/C15H22Cl2N2O.ClH/c1-9(10(2)18)14(20)19-15(3,4)8-11-5-6-12(16)7-13(11)17;/h5-7,9-10H,8,18H2,1-4H3,(H,19,20);1H. The third-order valence-corrected chi connectivity index (χ3v) is 3.90. The van der Waals surface area contributed by atoms with Crippen molar-refractivity contribution in [3.05, 3.63) is 33.8 Å². The van der Waals surface area contributed by atoms with Crippen LogP contribution in [0.2, 0.25) is 10.0 Å². The molecule has 1 rings (SSSR count). The first-order valence-corrected chi connectivity index (χ1v) is 7.39. The molecule has 1 aromatic rings. The van der Waals surface area contributed by atoms with E-state index < -0.39 is 5.54 Å². The summed E-state index contributed by atoms with van der Waals surface area (Å²) in [5.74, 6) is -0.273. The highest BCUT2D eigenvalue weighted by atomic mass is 35.5. The van der Waals surface area contributed by atoms with Crippen molar-refractivity contribution in [1.29, 1.82) is 0 Å². The van der Waals surface area contributed by atoms with Gasteiger partial charge >= 0.3 is 0 Å². The van der Waals surface area contributed by atoms with Crippen LogP contribution in [-0.4, -0.2) is 17.5 Å². The summed E-state index contributed by atoms with van der Waals surface area (Å²) in [5, 5.41) is 4.23. The predicted molar refractivity (Wildman–Crippen MR) is 92.4 cm³/mol. The summed E-state index contributed by atoms with van der Waals surface area (Å²) < 4.78 is 0. The Morgan fingerprint density at radius 3 is 2.38 bits per heavy atom. The van der Waals surface area contributed by atoms with Crippen molar-refractivity contribution in [3.63, 3.8) is 0 Å². The number of nitrogens with two attached hydrogens (primary N) is 1. The van der Waals surface area contributed by atoms with Crippen LogP contribution in [0, 0.1) is 5.92 Å². The predicted octanol–water partition coefficient (Wildman–Crippen LogP) is 3.84. The van der Waals surface area contributed by atoms with Gasteiger partial charge in [0.25, 0.3) is 0 Å². The lowest BCUT2D eigenvalue weighted by molar-refractivity contribution is -0.126. The van der Waals surface area contributed by atoms with Crippen molar-refractivity contribution in [1.82, 2.24) is 5.32 Å². The molecule has 0 aromatic heterocycles. The molecule has 0 heterocycles. The van der Waals surface area contributed by atoms with Gasteiger partial charge < -0.3 is 11.1 Å². The molecule has 2 unspecified atom stereocenters. The Morgan fingerprint density at radius 2 is 1.90 bits per heavy atom. The summed E-state index contributed by atoms with van der Waals surface area (Å²) >= 11 is 12.0. The summed E-state index contributed by atoms with van der Waals surface area (Å²) in [4.78, 5) is 12.1. The fourth-order valence-corrected chi connectivity index (χ4v) is 2.35. The molecule has 0 saturated carbocycles. The Labute approximate surface area is 143 Å². The van der Waals surface area contributed by atoms with E-state index in [1.807, 2.05) is 33.8 Å². The molecule has 0 saturated heterocycles. The molecular formula is C15H23Cl3N2O. The maximum Gasteiger partial charge on any atom is 0.224 e. The first-order valence-electron chi connectivity index (χ1n) is 6.64. The number of carbonyl (C=O) groups excluding carboxylic acids is 1. The van der Waals surface area contributed by atoms with Gasteiger partial charge in [0, 0.05) is 27.5 Å². The van der Waals surface area contributed by atoms with Gasteiger partial charge in [0.05, 0.1) is 0 Å². The van der Waals surface area contributed by atoms with Gasteiger partial charge in [-0.1, -0.05) is 36.2 Å². The van der Waals surface area contributed by atoms with E-state index >= 15 is 0 Å². The van der Waals surface area contributed by atoms with Gasteiger partial charge in [0.2, 0.25) is 5.91 Å². The minimum atomic E-state index is -0.405. The number of hydrogen-bond donors (Lipinski definition) is 2. The number of halogens is 3. The van der Waals surface area contributed by atoms with Gasteiger partial charge in [-0.15, -0.1) is 12.4 Å². The van der Waals surface area contributed by atoms with Crippen LogP contribution >= 0.6 is 35.6 Å². The Kier molecular flexibility index (Phi) is 8.04. The number of nitrogens with one attached hydrogen (secondary N) is 1. The molecule has 0 fully saturated rings. The van der Waals surface area contributed by atoms with Crippen LogP contribution in [0.1, 0.15) is 33.3 Å². The van der Waals surface area contributed by atoms with Crippen LogP contribution in [0.25, 0.3) is 0 Å². The highest BCUT2D eigenvalue weighted by molar-refractivity contribution is 6.35. The third-order valence-electron chi connectivity index (χ3n) is 3.31. The Morgan fingerprint density at radius 1 is 1.33 bits per heavy atom. The Balaban J connectivity index is 0.00000400. The summed E-state index contributed by atoms with van der Waals surface area (Å²) in [6.45, 7) is 7.58. The average Bonchev–Trinajstić information content (AvgIpc) is 2.31. The number of rotatable bonds is 5. The van der Waals surface area contributed by atoms with E-state index in [0.717, 1.165) is 5.56 Å². The van der Waals surface area contributed by atoms with Gasteiger partial charge in [0.15, 0.2) is 0 Å². The molecule has 21 heavy (non-hydrogen) atoms. The number of hydrogen-bond acceptors (Lipinski definition) is 2. The van der Waals surface area contributed by atoms with Crippen molar-refractivity contribution in [2.75, 3.05) is 0 Å². The van der Waals surface area contributed by atoms with Crippen LogP contribution in [0.4, 0.5) is 0 Å². The number of amides is 1. The molecule has 0 radical (unpaired) electrons. The van der Waals surface area contributed by atoms with Gasteiger partial charge in [-0.05, 0) is 44.9 Å². The molecule has 2 atom stereocenters. The second kappa shape index (κ2) is 8.23. The van der Waals surface area contributed by atoms with Crippen LogP contribution in [0.5, 0.6) is 0 Å². The van der Waals surface area contributed by atoms with E-state index in [4.69, 9.17) is 28.9 Å². The fourth-order valence-electron chi connectivity index (χ4n) is 1.87. The molecule has 0 aliphatic carbocycles. The first kappa shape index (κ1) is 20.5. The number of carbonyl (C=O) groups is 1. The largest absolute Gasteiger partial charge is 0.351 e. The first-order chi connectivity index (χ1) is 9.12. The van der Waals surface area contributed by atoms with E-state index in [0.29, 0.717) is 16.5 Å². The van der Waals surface area contributed by atoms with Gasteiger partial charge in [0.1, 0.15) is 0 Å². The van der Waals surface area contributed by atoms with Gasteiger partial charge in [-0.3, -0.25) is 4.79 Å². The second-order valence-corrected chi connectivity index (χ2v) is 6.78. The lowest BCUT2D eigenvalue weighted by Gasteiger charge is -2.29. The van der Waals surface area contributed by atoms with Crippen LogP contribution in [0.3, 0.4) is 0 Å². The molecule has 120 valence electrons. The van der Waals surface area contributed by atoms with E-state index in [1.54, 1.807) is 12.1 Å². The zero-order valence-electron chi connectivity index (χ0n) is 12.7. The minimum absolute atomic E-state index is 0.